The predicted molar refractivity (Wildman–Crippen MR) is 101 cm³/mol. The fraction of sp³-hybridized carbons (Fsp3) is 0.0500. The van der Waals surface area contributed by atoms with Gasteiger partial charge in [-0.3, -0.25) is 14.8 Å². The molecule has 1 amide bonds. The van der Waals surface area contributed by atoms with Crippen molar-refractivity contribution in [3.05, 3.63) is 89.0 Å². The number of benzene rings is 2. The average Bonchev–Trinajstić information content (AvgIpc) is 2.63. The molecule has 0 fully saturated rings. The molecule has 0 aliphatic heterocycles. The molecule has 3 aromatic rings. The minimum Gasteiger partial charge on any atom is -0.322 e. The molecule has 3 rings (SSSR count). The molecule has 0 bridgehead atoms. The molecule has 1 heterocycles. The minimum atomic E-state index is -0.239. The Morgan fingerprint density at radius 2 is 1.96 bits per heavy atom. The van der Waals surface area contributed by atoms with E-state index in [0.29, 0.717) is 16.3 Å². The van der Waals surface area contributed by atoms with Crippen LogP contribution in [0.4, 0.5) is 5.69 Å². The monoisotopic (exact) mass is 349 g/mol. The lowest BCUT2D eigenvalue weighted by molar-refractivity contribution is 0.102. The first-order valence-corrected chi connectivity index (χ1v) is 8.12. The van der Waals surface area contributed by atoms with Gasteiger partial charge in [0, 0.05) is 18.1 Å². The number of nitrogens with one attached hydrogen (secondary N) is 1. The summed E-state index contributed by atoms with van der Waals surface area (Å²) in [5.74, 6) is -0.239. The van der Waals surface area contributed by atoms with Crippen LogP contribution in [0.5, 0.6) is 0 Å². The standard InChI is InChI=1S/C20H16ClN3O/c1-14(19-13-22-9-10-23-19)11-15-5-4-6-16(12-15)24-20(25)17-7-2-3-8-18(17)21/h2-13H,1H3,(H,24,25)/b14-11-. The first kappa shape index (κ1) is 16.9. The number of allylic oxidation sites excluding steroid dienone is 1. The number of halogens is 1. The van der Waals surface area contributed by atoms with Crippen LogP contribution in [-0.4, -0.2) is 15.9 Å². The third-order valence-electron chi connectivity index (χ3n) is 3.61. The summed E-state index contributed by atoms with van der Waals surface area (Å²) in [6.45, 7) is 1.97. The van der Waals surface area contributed by atoms with Crippen LogP contribution in [-0.2, 0) is 0 Å². The zero-order valence-corrected chi connectivity index (χ0v) is 14.4. The van der Waals surface area contributed by atoms with Gasteiger partial charge in [0.1, 0.15) is 0 Å². The molecule has 1 aromatic heterocycles. The van der Waals surface area contributed by atoms with E-state index in [-0.39, 0.29) is 5.91 Å². The lowest BCUT2D eigenvalue weighted by Gasteiger charge is -2.08. The van der Waals surface area contributed by atoms with Gasteiger partial charge in [-0.2, -0.15) is 0 Å². The van der Waals surface area contributed by atoms with Crippen molar-refractivity contribution >= 4 is 34.8 Å². The van der Waals surface area contributed by atoms with Crippen molar-refractivity contribution in [1.29, 1.82) is 0 Å². The smallest absolute Gasteiger partial charge is 0.257 e. The van der Waals surface area contributed by atoms with E-state index in [1.807, 2.05) is 37.3 Å². The number of carbonyl (C=O) groups excluding carboxylic acids is 1. The molecule has 2 aromatic carbocycles. The van der Waals surface area contributed by atoms with Crippen molar-refractivity contribution in [3.63, 3.8) is 0 Å². The topological polar surface area (TPSA) is 54.9 Å². The highest BCUT2D eigenvalue weighted by Crippen LogP contribution is 2.20. The molecular formula is C20H16ClN3O. The van der Waals surface area contributed by atoms with Crippen molar-refractivity contribution in [1.82, 2.24) is 9.97 Å². The fourth-order valence-electron chi connectivity index (χ4n) is 2.38. The van der Waals surface area contributed by atoms with Crippen LogP contribution < -0.4 is 5.32 Å². The molecule has 5 heteroatoms. The predicted octanol–water partition coefficient (Wildman–Crippen LogP) is 4.94. The van der Waals surface area contributed by atoms with Crippen LogP contribution in [0.3, 0.4) is 0 Å². The SMILES string of the molecule is C/C(=C/c1cccc(NC(=O)c2ccccc2Cl)c1)c1cnccn1. The Balaban J connectivity index is 1.80. The summed E-state index contributed by atoms with van der Waals surface area (Å²) >= 11 is 6.07. The molecule has 0 radical (unpaired) electrons. The van der Waals surface area contributed by atoms with Crippen LogP contribution in [0.25, 0.3) is 11.6 Å². The van der Waals surface area contributed by atoms with Crippen molar-refractivity contribution in [3.8, 4) is 0 Å². The molecule has 0 spiro atoms. The molecule has 0 aliphatic carbocycles. The average molecular weight is 350 g/mol. The maximum absolute atomic E-state index is 12.4. The number of rotatable bonds is 4. The number of amides is 1. The Bertz CT molecular complexity index is 923. The normalized spacial score (nSPS) is 11.2. The number of nitrogens with zero attached hydrogens (tertiary/aromatic N) is 2. The van der Waals surface area contributed by atoms with Gasteiger partial charge in [0.15, 0.2) is 0 Å². The van der Waals surface area contributed by atoms with E-state index in [1.165, 1.54) is 0 Å². The third kappa shape index (κ3) is 4.31. The maximum Gasteiger partial charge on any atom is 0.257 e. The Labute approximate surface area is 151 Å². The van der Waals surface area contributed by atoms with Crippen LogP contribution in [0.1, 0.15) is 28.5 Å². The van der Waals surface area contributed by atoms with Gasteiger partial charge in [-0.15, -0.1) is 0 Å². The second-order valence-electron chi connectivity index (χ2n) is 5.48. The highest BCUT2D eigenvalue weighted by atomic mass is 35.5. The third-order valence-corrected chi connectivity index (χ3v) is 3.94. The van der Waals surface area contributed by atoms with E-state index < -0.39 is 0 Å². The van der Waals surface area contributed by atoms with E-state index in [4.69, 9.17) is 11.6 Å². The molecule has 1 N–H and O–H groups in total. The summed E-state index contributed by atoms with van der Waals surface area (Å²) in [6.07, 6.45) is 7.01. The first-order chi connectivity index (χ1) is 12.1. The van der Waals surface area contributed by atoms with E-state index >= 15 is 0 Å². The number of hydrogen-bond acceptors (Lipinski definition) is 3. The summed E-state index contributed by atoms with van der Waals surface area (Å²) in [4.78, 5) is 20.7. The molecule has 25 heavy (non-hydrogen) atoms. The van der Waals surface area contributed by atoms with Gasteiger partial charge < -0.3 is 5.32 Å². The van der Waals surface area contributed by atoms with Gasteiger partial charge in [-0.25, -0.2) is 0 Å². The van der Waals surface area contributed by atoms with E-state index in [9.17, 15) is 4.79 Å². The zero-order chi connectivity index (χ0) is 17.6. The molecular weight excluding hydrogens is 334 g/mol. The molecule has 0 saturated carbocycles. The number of carbonyl (C=O) groups is 1. The van der Waals surface area contributed by atoms with Gasteiger partial charge in [-0.1, -0.05) is 35.9 Å². The van der Waals surface area contributed by atoms with Crippen molar-refractivity contribution in [2.75, 3.05) is 5.32 Å². The maximum atomic E-state index is 12.4. The van der Waals surface area contributed by atoms with Gasteiger partial charge in [0.2, 0.25) is 0 Å². The molecule has 4 nitrogen and oxygen atoms in total. The van der Waals surface area contributed by atoms with E-state index in [2.05, 4.69) is 15.3 Å². The van der Waals surface area contributed by atoms with Crippen molar-refractivity contribution in [2.45, 2.75) is 6.92 Å². The summed E-state index contributed by atoms with van der Waals surface area (Å²) in [5.41, 5.74) is 3.90. The Morgan fingerprint density at radius 1 is 1.12 bits per heavy atom. The largest absolute Gasteiger partial charge is 0.322 e. The summed E-state index contributed by atoms with van der Waals surface area (Å²) in [7, 11) is 0. The summed E-state index contributed by atoms with van der Waals surface area (Å²) in [5, 5.41) is 3.30. The van der Waals surface area contributed by atoms with Gasteiger partial charge >= 0.3 is 0 Å². The Hall–Kier alpha value is -2.98. The molecule has 0 unspecified atom stereocenters. The van der Waals surface area contributed by atoms with Gasteiger partial charge in [0.25, 0.3) is 5.91 Å². The summed E-state index contributed by atoms with van der Waals surface area (Å²) < 4.78 is 0. The molecule has 124 valence electrons. The van der Waals surface area contributed by atoms with E-state index in [1.54, 1.807) is 42.9 Å². The highest BCUT2D eigenvalue weighted by molar-refractivity contribution is 6.34. The van der Waals surface area contributed by atoms with Gasteiger partial charge in [0.05, 0.1) is 22.5 Å². The second kappa shape index (κ2) is 7.73. The number of anilines is 1. The fourth-order valence-corrected chi connectivity index (χ4v) is 2.60. The number of aromatic nitrogens is 2. The zero-order valence-electron chi connectivity index (χ0n) is 13.6. The van der Waals surface area contributed by atoms with Crippen LogP contribution in [0.15, 0.2) is 67.1 Å². The minimum absolute atomic E-state index is 0.239. The van der Waals surface area contributed by atoms with Gasteiger partial charge in [-0.05, 0) is 48.4 Å². The highest BCUT2D eigenvalue weighted by Gasteiger charge is 2.09. The quantitative estimate of drug-likeness (QED) is 0.725. The Morgan fingerprint density at radius 3 is 2.72 bits per heavy atom. The number of hydrogen-bond donors (Lipinski definition) is 1. The molecule has 0 saturated heterocycles. The van der Waals surface area contributed by atoms with Crippen LogP contribution in [0, 0.1) is 0 Å². The van der Waals surface area contributed by atoms with Crippen molar-refractivity contribution in [2.24, 2.45) is 0 Å². The molecule has 0 aliphatic rings. The van der Waals surface area contributed by atoms with Crippen LogP contribution in [0.2, 0.25) is 5.02 Å². The van der Waals surface area contributed by atoms with Crippen molar-refractivity contribution < 1.29 is 4.79 Å². The van der Waals surface area contributed by atoms with E-state index in [0.717, 1.165) is 16.8 Å². The second-order valence-corrected chi connectivity index (χ2v) is 5.88. The lowest BCUT2D eigenvalue weighted by atomic mass is 10.1. The first-order valence-electron chi connectivity index (χ1n) is 7.74. The summed E-state index contributed by atoms with van der Waals surface area (Å²) in [6, 6.07) is 14.5. The Kier molecular flexibility index (Phi) is 5.21. The lowest BCUT2D eigenvalue weighted by Crippen LogP contribution is -2.12. The molecule has 0 atom stereocenters. The van der Waals surface area contributed by atoms with Crippen LogP contribution >= 0.6 is 11.6 Å².